The van der Waals surface area contributed by atoms with E-state index in [-0.39, 0.29) is 17.0 Å². The van der Waals surface area contributed by atoms with Crippen molar-refractivity contribution in [2.24, 2.45) is 5.92 Å². The van der Waals surface area contributed by atoms with Gasteiger partial charge in [-0.1, -0.05) is 23.7 Å². The Balaban J connectivity index is 3.00. The normalized spacial score (nSPS) is 10.3. The van der Waals surface area contributed by atoms with Crippen molar-refractivity contribution in [2.45, 2.75) is 6.42 Å². The molecule has 0 radical (unpaired) electrons. The monoisotopic (exact) mass is 274 g/mol. The first-order chi connectivity index (χ1) is 8.51. The van der Waals surface area contributed by atoms with Crippen LogP contribution in [0.5, 0.6) is 0 Å². The van der Waals surface area contributed by atoms with Crippen LogP contribution in [0.25, 0.3) is 0 Å². The largest absolute Gasteiger partial charge is 0.468 e. The molecule has 0 spiro atoms. The first-order valence-electron chi connectivity index (χ1n) is 5.09. The molecule has 0 atom stereocenters. The molecule has 0 heterocycles. The first-order valence-corrected chi connectivity index (χ1v) is 5.47. The Morgan fingerprint density at radius 1 is 1.28 bits per heavy atom. The number of halogens is 2. The number of hydrogen-bond acceptors (Lipinski definition) is 4. The standard InChI is InChI=1S/C12H12ClFO4/c1-17-11(15)8(12(16)18-2)6-7-4-3-5-9(13)10(7)14/h3-5,8H,6H2,1-2H3. The molecule has 0 amide bonds. The van der Waals surface area contributed by atoms with Gasteiger partial charge in [-0.2, -0.15) is 0 Å². The number of esters is 2. The number of hydrogen-bond donors (Lipinski definition) is 0. The minimum absolute atomic E-state index is 0.0685. The fraction of sp³-hybridized carbons (Fsp3) is 0.333. The summed E-state index contributed by atoms with van der Waals surface area (Å²) in [5.41, 5.74) is 0.156. The van der Waals surface area contributed by atoms with Crippen LogP contribution in [0.1, 0.15) is 5.56 Å². The molecular weight excluding hydrogens is 263 g/mol. The number of carbonyl (C=O) groups is 2. The molecule has 0 bridgehead atoms. The lowest BCUT2D eigenvalue weighted by atomic mass is 9.99. The summed E-state index contributed by atoms with van der Waals surface area (Å²) < 4.78 is 22.6. The lowest BCUT2D eigenvalue weighted by Crippen LogP contribution is -2.28. The van der Waals surface area contributed by atoms with Gasteiger partial charge in [0.15, 0.2) is 5.92 Å². The van der Waals surface area contributed by atoms with Crippen molar-refractivity contribution in [3.05, 3.63) is 34.6 Å². The lowest BCUT2D eigenvalue weighted by Gasteiger charge is -2.13. The Morgan fingerprint density at radius 2 is 1.83 bits per heavy atom. The Kier molecular flexibility index (Phi) is 5.09. The summed E-state index contributed by atoms with van der Waals surface area (Å²) in [6, 6.07) is 4.36. The van der Waals surface area contributed by atoms with E-state index in [1.165, 1.54) is 18.2 Å². The van der Waals surface area contributed by atoms with E-state index in [4.69, 9.17) is 11.6 Å². The van der Waals surface area contributed by atoms with E-state index in [2.05, 4.69) is 9.47 Å². The maximum atomic E-state index is 13.7. The summed E-state index contributed by atoms with van der Waals surface area (Å²) in [6.07, 6.45) is -0.161. The third-order valence-electron chi connectivity index (χ3n) is 2.43. The highest BCUT2D eigenvalue weighted by Crippen LogP contribution is 2.21. The van der Waals surface area contributed by atoms with E-state index in [1.807, 2.05) is 0 Å². The van der Waals surface area contributed by atoms with E-state index in [0.29, 0.717) is 0 Å². The van der Waals surface area contributed by atoms with Gasteiger partial charge < -0.3 is 9.47 Å². The fourth-order valence-corrected chi connectivity index (χ4v) is 1.67. The van der Waals surface area contributed by atoms with Crippen molar-refractivity contribution < 1.29 is 23.5 Å². The van der Waals surface area contributed by atoms with E-state index in [1.54, 1.807) is 0 Å². The van der Waals surface area contributed by atoms with Gasteiger partial charge in [0.2, 0.25) is 0 Å². The molecule has 1 rings (SSSR count). The predicted octanol–water partition coefficient (Wildman–Crippen LogP) is 1.98. The number of rotatable bonds is 4. The van der Waals surface area contributed by atoms with Crippen LogP contribution >= 0.6 is 11.6 Å². The summed E-state index contributed by atoms with van der Waals surface area (Å²) in [5.74, 6) is -3.41. The van der Waals surface area contributed by atoms with E-state index < -0.39 is 23.7 Å². The van der Waals surface area contributed by atoms with Crippen molar-refractivity contribution in [1.29, 1.82) is 0 Å². The Labute approximate surface area is 109 Å². The van der Waals surface area contributed by atoms with Crippen molar-refractivity contribution in [2.75, 3.05) is 14.2 Å². The number of benzene rings is 1. The van der Waals surface area contributed by atoms with Gasteiger partial charge in [-0.05, 0) is 18.1 Å². The molecule has 0 fully saturated rings. The maximum Gasteiger partial charge on any atom is 0.320 e. The van der Waals surface area contributed by atoms with Crippen LogP contribution in [-0.4, -0.2) is 26.2 Å². The van der Waals surface area contributed by atoms with Gasteiger partial charge in [0.1, 0.15) is 5.82 Å². The van der Waals surface area contributed by atoms with Crippen LogP contribution in [0.2, 0.25) is 5.02 Å². The lowest BCUT2D eigenvalue weighted by molar-refractivity contribution is -0.158. The molecule has 0 unspecified atom stereocenters. The minimum Gasteiger partial charge on any atom is -0.468 e. The van der Waals surface area contributed by atoms with Crippen molar-refractivity contribution in [3.63, 3.8) is 0 Å². The third-order valence-corrected chi connectivity index (χ3v) is 2.72. The molecule has 18 heavy (non-hydrogen) atoms. The van der Waals surface area contributed by atoms with Crippen molar-refractivity contribution >= 4 is 23.5 Å². The SMILES string of the molecule is COC(=O)C(Cc1cccc(Cl)c1F)C(=O)OC. The Hall–Kier alpha value is -1.62. The zero-order chi connectivity index (χ0) is 13.7. The summed E-state index contributed by atoms with van der Waals surface area (Å²) in [7, 11) is 2.29. The molecule has 0 aromatic heterocycles. The van der Waals surface area contributed by atoms with Crippen LogP contribution in [0.3, 0.4) is 0 Å². The molecule has 1 aromatic rings. The van der Waals surface area contributed by atoms with Gasteiger partial charge in [-0.25, -0.2) is 4.39 Å². The van der Waals surface area contributed by atoms with Crippen LogP contribution in [-0.2, 0) is 25.5 Å². The first kappa shape index (κ1) is 14.4. The second-order valence-corrected chi connectivity index (χ2v) is 3.92. The van der Waals surface area contributed by atoms with Gasteiger partial charge >= 0.3 is 11.9 Å². The maximum absolute atomic E-state index is 13.7. The number of carbonyl (C=O) groups excluding carboxylic acids is 2. The number of methoxy groups -OCH3 is 2. The molecule has 1 aromatic carbocycles. The summed E-state index contributed by atoms with van der Waals surface area (Å²) >= 11 is 5.62. The van der Waals surface area contributed by atoms with Gasteiger partial charge in [0, 0.05) is 0 Å². The molecule has 0 aliphatic heterocycles. The molecule has 0 aliphatic rings. The summed E-state index contributed by atoms with van der Waals surface area (Å²) in [4.78, 5) is 22.9. The summed E-state index contributed by atoms with van der Waals surface area (Å²) in [6.45, 7) is 0. The number of ether oxygens (including phenoxy) is 2. The van der Waals surface area contributed by atoms with Gasteiger partial charge in [-0.15, -0.1) is 0 Å². The van der Waals surface area contributed by atoms with Crippen LogP contribution < -0.4 is 0 Å². The average molecular weight is 275 g/mol. The predicted molar refractivity (Wildman–Crippen MR) is 62.6 cm³/mol. The molecule has 4 nitrogen and oxygen atoms in total. The smallest absolute Gasteiger partial charge is 0.320 e. The van der Waals surface area contributed by atoms with Gasteiger partial charge in [0.05, 0.1) is 19.2 Å². The van der Waals surface area contributed by atoms with E-state index in [9.17, 15) is 14.0 Å². The topological polar surface area (TPSA) is 52.6 Å². The molecule has 0 saturated carbocycles. The van der Waals surface area contributed by atoms with Crippen LogP contribution in [0.4, 0.5) is 4.39 Å². The zero-order valence-electron chi connectivity index (χ0n) is 9.91. The highest BCUT2D eigenvalue weighted by atomic mass is 35.5. The molecule has 0 saturated heterocycles. The highest BCUT2D eigenvalue weighted by Gasteiger charge is 2.30. The Morgan fingerprint density at radius 3 is 2.33 bits per heavy atom. The molecular formula is C12H12ClFO4. The quantitative estimate of drug-likeness (QED) is 0.622. The fourth-order valence-electron chi connectivity index (χ4n) is 1.47. The average Bonchev–Trinajstić information content (AvgIpc) is 2.38. The second kappa shape index (κ2) is 6.35. The molecule has 98 valence electrons. The third kappa shape index (κ3) is 3.20. The minimum atomic E-state index is -1.20. The summed E-state index contributed by atoms with van der Waals surface area (Å²) in [5, 5.41) is -0.0685. The van der Waals surface area contributed by atoms with Gasteiger partial charge in [-0.3, -0.25) is 9.59 Å². The van der Waals surface area contributed by atoms with Crippen LogP contribution in [0.15, 0.2) is 18.2 Å². The van der Waals surface area contributed by atoms with E-state index >= 15 is 0 Å². The molecule has 0 aliphatic carbocycles. The Bertz CT molecular complexity index is 445. The molecule has 0 N–H and O–H groups in total. The van der Waals surface area contributed by atoms with Crippen molar-refractivity contribution in [1.82, 2.24) is 0 Å². The second-order valence-electron chi connectivity index (χ2n) is 3.52. The molecule has 6 heteroatoms. The van der Waals surface area contributed by atoms with Gasteiger partial charge in [0.25, 0.3) is 0 Å². The zero-order valence-corrected chi connectivity index (χ0v) is 10.7. The van der Waals surface area contributed by atoms with Crippen molar-refractivity contribution in [3.8, 4) is 0 Å². The van der Waals surface area contributed by atoms with E-state index in [0.717, 1.165) is 14.2 Å². The van der Waals surface area contributed by atoms with Crippen LogP contribution in [0, 0.1) is 11.7 Å². The highest BCUT2D eigenvalue weighted by molar-refractivity contribution is 6.30.